The van der Waals surface area contributed by atoms with Gasteiger partial charge in [0.15, 0.2) is 0 Å². The van der Waals surface area contributed by atoms with Crippen LogP contribution >= 0.6 is 0 Å². The van der Waals surface area contributed by atoms with Crippen molar-refractivity contribution in [3.05, 3.63) is 0 Å². The van der Waals surface area contributed by atoms with Gasteiger partial charge in [-0.05, 0) is 20.8 Å². The first kappa shape index (κ1) is 21.2. The van der Waals surface area contributed by atoms with E-state index in [0.29, 0.717) is 39.5 Å². The second-order valence-electron chi connectivity index (χ2n) is 6.73. The number of hydrogen-bond donors (Lipinski definition) is 2. The minimum atomic E-state index is -0.940. The van der Waals surface area contributed by atoms with Gasteiger partial charge < -0.3 is 29.5 Å². The summed E-state index contributed by atoms with van der Waals surface area (Å²) >= 11 is 0. The number of carboxylic acids is 1. The first-order valence-corrected chi connectivity index (χ1v) is 8.32. The molecule has 1 aliphatic rings. The molecule has 25 heavy (non-hydrogen) atoms. The molecule has 2 N–H and O–H groups in total. The fourth-order valence-electron chi connectivity index (χ4n) is 2.19. The van der Waals surface area contributed by atoms with Crippen LogP contribution < -0.4 is 5.32 Å². The third-order valence-electron chi connectivity index (χ3n) is 3.36. The molecule has 0 aromatic heterocycles. The molecule has 1 fully saturated rings. The number of hydrogen-bond acceptors (Lipinski definition) is 6. The molecule has 1 heterocycles. The number of carbonyl (C=O) groups is 3. The molecule has 1 aliphatic heterocycles. The fraction of sp³-hybridized carbons (Fsp3) is 0.812. The molecule has 0 saturated carbocycles. The fourth-order valence-corrected chi connectivity index (χ4v) is 2.19. The molecule has 0 aromatic rings. The second-order valence-corrected chi connectivity index (χ2v) is 6.73. The first-order chi connectivity index (χ1) is 11.7. The van der Waals surface area contributed by atoms with E-state index in [9.17, 15) is 14.4 Å². The Bertz CT molecular complexity index is 462. The predicted octanol–water partition coefficient (Wildman–Crippen LogP) is 0.477. The van der Waals surface area contributed by atoms with Crippen LogP contribution in [0.5, 0.6) is 0 Å². The topological polar surface area (TPSA) is 114 Å². The van der Waals surface area contributed by atoms with E-state index in [1.165, 1.54) is 4.90 Å². The zero-order valence-corrected chi connectivity index (χ0v) is 15.1. The van der Waals surface area contributed by atoms with Gasteiger partial charge in [-0.3, -0.25) is 9.59 Å². The molecule has 0 aliphatic carbocycles. The number of rotatable bonds is 10. The molecule has 144 valence electrons. The average Bonchev–Trinajstić information content (AvgIpc) is 2.85. The van der Waals surface area contributed by atoms with Crippen molar-refractivity contribution in [2.75, 3.05) is 46.1 Å². The summed E-state index contributed by atoms with van der Waals surface area (Å²) in [6.45, 7) is 7.72. The maximum Gasteiger partial charge on any atom is 0.407 e. The number of ether oxygens (including phenoxy) is 3. The van der Waals surface area contributed by atoms with E-state index in [1.807, 2.05) is 0 Å². The first-order valence-electron chi connectivity index (χ1n) is 8.32. The van der Waals surface area contributed by atoms with E-state index < -0.39 is 23.6 Å². The van der Waals surface area contributed by atoms with E-state index >= 15 is 0 Å². The Morgan fingerprint density at radius 2 is 1.84 bits per heavy atom. The molecule has 9 nitrogen and oxygen atoms in total. The standard InChI is InChI=1S/C16H28N2O7/c1-16(2,3)25-15(22)17-4-6-23-8-9-24-7-5-18-11-12(14(20)21)10-13(18)19/h12H,4-11H2,1-3H3,(H,17,22)(H,20,21). The largest absolute Gasteiger partial charge is 0.481 e. The molecule has 0 radical (unpaired) electrons. The quantitative estimate of drug-likeness (QED) is 0.545. The molecule has 1 unspecified atom stereocenters. The van der Waals surface area contributed by atoms with E-state index in [2.05, 4.69) is 5.32 Å². The Balaban J connectivity index is 1.95. The van der Waals surface area contributed by atoms with Gasteiger partial charge in [0.2, 0.25) is 5.91 Å². The van der Waals surface area contributed by atoms with E-state index in [-0.39, 0.29) is 18.9 Å². The van der Waals surface area contributed by atoms with Gasteiger partial charge >= 0.3 is 12.1 Å². The molecule has 1 rings (SSSR count). The molecular weight excluding hydrogens is 332 g/mol. The zero-order chi connectivity index (χ0) is 18.9. The molecule has 1 saturated heterocycles. The highest BCUT2D eigenvalue weighted by atomic mass is 16.6. The normalized spacial score (nSPS) is 17.6. The van der Waals surface area contributed by atoms with Crippen LogP contribution in [0.1, 0.15) is 27.2 Å². The summed E-state index contributed by atoms with van der Waals surface area (Å²) < 4.78 is 15.7. The minimum Gasteiger partial charge on any atom is -0.481 e. The predicted molar refractivity (Wildman–Crippen MR) is 88.2 cm³/mol. The lowest BCUT2D eigenvalue weighted by atomic mass is 10.1. The Labute approximate surface area is 147 Å². The highest BCUT2D eigenvalue weighted by Crippen LogP contribution is 2.17. The van der Waals surface area contributed by atoms with Gasteiger partial charge in [-0.1, -0.05) is 0 Å². The molecule has 2 amide bonds. The van der Waals surface area contributed by atoms with Crippen molar-refractivity contribution in [2.45, 2.75) is 32.8 Å². The van der Waals surface area contributed by atoms with Crippen LogP contribution in [0.25, 0.3) is 0 Å². The van der Waals surface area contributed by atoms with Crippen molar-refractivity contribution in [3.8, 4) is 0 Å². The van der Waals surface area contributed by atoms with Crippen LogP contribution in [-0.2, 0) is 23.8 Å². The Morgan fingerprint density at radius 3 is 2.40 bits per heavy atom. The summed E-state index contributed by atoms with van der Waals surface area (Å²) in [5.74, 6) is -1.71. The Kier molecular flexibility index (Phi) is 8.64. The van der Waals surface area contributed by atoms with Crippen LogP contribution in [0, 0.1) is 5.92 Å². The van der Waals surface area contributed by atoms with Crippen LogP contribution in [0.3, 0.4) is 0 Å². The molecule has 0 aromatic carbocycles. The van der Waals surface area contributed by atoms with Gasteiger partial charge in [0, 0.05) is 26.1 Å². The van der Waals surface area contributed by atoms with Gasteiger partial charge in [0.1, 0.15) is 5.60 Å². The molecule has 0 bridgehead atoms. The summed E-state index contributed by atoms with van der Waals surface area (Å²) in [6.07, 6.45) is -0.425. The van der Waals surface area contributed by atoms with E-state index in [1.54, 1.807) is 20.8 Å². The lowest BCUT2D eigenvalue weighted by molar-refractivity contribution is -0.141. The van der Waals surface area contributed by atoms with Crippen LogP contribution in [0.2, 0.25) is 0 Å². The number of carboxylic acid groups (broad SMARTS) is 1. The van der Waals surface area contributed by atoms with Gasteiger partial charge in [-0.2, -0.15) is 0 Å². The maximum atomic E-state index is 11.6. The van der Waals surface area contributed by atoms with Gasteiger partial charge in [0.25, 0.3) is 0 Å². The Morgan fingerprint density at radius 1 is 1.20 bits per heavy atom. The smallest absolute Gasteiger partial charge is 0.407 e. The Hall–Kier alpha value is -1.87. The summed E-state index contributed by atoms with van der Waals surface area (Å²) in [5.41, 5.74) is -0.528. The van der Waals surface area contributed by atoms with Crippen molar-refractivity contribution in [2.24, 2.45) is 5.92 Å². The molecule has 1 atom stereocenters. The van der Waals surface area contributed by atoms with Crippen molar-refractivity contribution >= 4 is 18.0 Å². The van der Waals surface area contributed by atoms with E-state index in [0.717, 1.165) is 0 Å². The van der Waals surface area contributed by atoms with Crippen molar-refractivity contribution < 1.29 is 33.7 Å². The molecule has 9 heteroatoms. The number of nitrogens with one attached hydrogen (secondary N) is 1. The third-order valence-corrected chi connectivity index (χ3v) is 3.36. The SMILES string of the molecule is CC(C)(C)OC(=O)NCCOCCOCCN1CC(C(=O)O)CC1=O. The lowest BCUT2D eigenvalue weighted by Gasteiger charge is -2.19. The number of amides is 2. The summed E-state index contributed by atoms with van der Waals surface area (Å²) in [6, 6.07) is 0. The highest BCUT2D eigenvalue weighted by molar-refractivity contribution is 5.86. The van der Waals surface area contributed by atoms with Crippen molar-refractivity contribution in [3.63, 3.8) is 0 Å². The lowest BCUT2D eigenvalue weighted by Crippen LogP contribution is -2.34. The van der Waals surface area contributed by atoms with Crippen molar-refractivity contribution in [1.29, 1.82) is 0 Å². The van der Waals surface area contributed by atoms with Gasteiger partial charge in [-0.15, -0.1) is 0 Å². The molecular formula is C16H28N2O7. The minimum absolute atomic E-state index is 0.0586. The number of aliphatic carboxylic acids is 1. The second kappa shape index (κ2) is 10.2. The highest BCUT2D eigenvalue weighted by Gasteiger charge is 2.33. The number of carbonyl (C=O) groups excluding carboxylic acids is 2. The van der Waals surface area contributed by atoms with Crippen LogP contribution in [-0.4, -0.2) is 79.6 Å². The maximum absolute atomic E-state index is 11.6. The molecule has 0 spiro atoms. The van der Waals surface area contributed by atoms with Gasteiger partial charge in [0.05, 0.1) is 32.3 Å². The summed E-state index contributed by atoms with van der Waals surface area (Å²) in [4.78, 5) is 35.3. The summed E-state index contributed by atoms with van der Waals surface area (Å²) in [7, 11) is 0. The van der Waals surface area contributed by atoms with E-state index in [4.69, 9.17) is 19.3 Å². The van der Waals surface area contributed by atoms with Gasteiger partial charge in [-0.25, -0.2) is 4.79 Å². The number of nitrogens with zero attached hydrogens (tertiary/aromatic N) is 1. The average molecular weight is 360 g/mol. The summed E-state index contributed by atoms with van der Waals surface area (Å²) in [5, 5.41) is 11.5. The zero-order valence-electron chi connectivity index (χ0n) is 15.1. The monoisotopic (exact) mass is 360 g/mol. The third kappa shape index (κ3) is 9.25. The van der Waals surface area contributed by atoms with Crippen molar-refractivity contribution in [1.82, 2.24) is 10.2 Å². The van der Waals surface area contributed by atoms with Crippen LogP contribution in [0.15, 0.2) is 0 Å². The van der Waals surface area contributed by atoms with Crippen LogP contribution in [0.4, 0.5) is 4.79 Å². The number of likely N-dealkylation sites (tertiary alicyclic amines) is 1. The number of alkyl carbamates (subject to hydrolysis) is 1.